The molecule has 2 aliphatic rings. The van der Waals surface area contributed by atoms with E-state index >= 15 is 0 Å². The van der Waals surface area contributed by atoms with Crippen LogP contribution in [0.5, 0.6) is 0 Å². The molecule has 3 amide bonds. The second-order valence-electron chi connectivity index (χ2n) is 13.0. The summed E-state index contributed by atoms with van der Waals surface area (Å²) in [5, 5.41) is 3.04. The monoisotopic (exact) mass is 632 g/mol. The number of unbranched alkanes of at least 4 members (excludes halogenated alkanes) is 3. The van der Waals surface area contributed by atoms with Crippen molar-refractivity contribution >= 4 is 33.7 Å². The lowest BCUT2D eigenvalue weighted by atomic mass is 9.86. The molecular formula is C32H52N6O5S. The van der Waals surface area contributed by atoms with E-state index < -0.39 is 33.4 Å². The Morgan fingerprint density at radius 1 is 1.05 bits per heavy atom. The number of guanidine groups is 1. The Morgan fingerprint density at radius 2 is 1.73 bits per heavy atom. The summed E-state index contributed by atoms with van der Waals surface area (Å²) < 4.78 is 26.6. The molecule has 2 heterocycles. The number of piperidine rings is 1. The number of aliphatic imine (C=N–C) groups is 1. The van der Waals surface area contributed by atoms with E-state index in [1.807, 2.05) is 49.1 Å². The van der Waals surface area contributed by atoms with Crippen molar-refractivity contribution in [3.8, 4) is 0 Å². The molecule has 0 saturated carbocycles. The lowest BCUT2D eigenvalue weighted by Gasteiger charge is -2.33. The highest BCUT2D eigenvalue weighted by atomic mass is 32.2. The molecule has 0 spiro atoms. The Kier molecular flexibility index (Phi) is 13.2. The van der Waals surface area contributed by atoms with Crippen molar-refractivity contribution in [2.24, 2.45) is 22.1 Å². The van der Waals surface area contributed by atoms with Gasteiger partial charge < -0.3 is 20.9 Å². The molecule has 1 aromatic carbocycles. The first-order valence-electron chi connectivity index (χ1n) is 16.0. The summed E-state index contributed by atoms with van der Waals surface area (Å²) in [7, 11) is -3.65. The quantitative estimate of drug-likeness (QED) is 0.162. The van der Waals surface area contributed by atoms with E-state index in [9.17, 15) is 22.8 Å². The van der Waals surface area contributed by atoms with Crippen molar-refractivity contribution in [3.63, 3.8) is 0 Å². The number of hydrogen-bond donors (Lipinski definition) is 3. The van der Waals surface area contributed by atoms with Crippen LogP contribution >= 0.6 is 0 Å². The first-order valence-corrected chi connectivity index (χ1v) is 17.9. The Morgan fingerprint density at radius 3 is 2.36 bits per heavy atom. The minimum absolute atomic E-state index is 0.186. The summed E-state index contributed by atoms with van der Waals surface area (Å²) in [6.07, 6.45) is 9.23. The van der Waals surface area contributed by atoms with Gasteiger partial charge in [-0.1, -0.05) is 76.8 Å². The van der Waals surface area contributed by atoms with Crippen LogP contribution in [0.3, 0.4) is 0 Å². The molecule has 2 fully saturated rings. The number of amides is 3. The summed E-state index contributed by atoms with van der Waals surface area (Å²) in [5.74, 6) is -0.305. The number of likely N-dealkylation sites (tertiary alicyclic amines) is 2. The van der Waals surface area contributed by atoms with Crippen molar-refractivity contribution in [3.05, 3.63) is 35.9 Å². The average Bonchev–Trinajstić information content (AvgIpc) is 3.48. The average molecular weight is 633 g/mol. The van der Waals surface area contributed by atoms with Gasteiger partial charge in [0.15, 0.2) is 5.96 Å². The lowest BCUT2D eigenvalue weighted by molar-refractivity contribution is -0.139. The largest absolute Gasteiger partial charge is 0.369 e. The molecule has 3 rings (SSSR count). The summed E-state index contributed by atoms with van der Waals surface area (Å²) in [4.78, 5) is 47.3. The normalized spacial score (nSPS) is 19.2. The van der Waals surface area contributed by atoms with Gasteiger partial charge in [0, 0.05) is 31.6 Å². The van der Waals surface area contributed by atoms with Crippen LogP contribution in [0.4, 0.5) is 0 Å². The Labute approximate surface area is 263 Å². The Bertz CT molecular complexity index is 1240. The van der Waals surface area contributed by atoms with Crippen LogP contribution in [0, 0.1) is 11.3 Å². The molecule has 11 nitrogen and oxygen atoms in total. The van der Waals surface area contributed by atoms with Gasteiger partial charge in [0.05, 0.1) is 6.26 Å². The molecule has 2 saturated heterocycles. The third kappa shape index (κ3) is 10.9. The predicted octanol–water partition coefficient (Wildman–Crippen LogP) is 2.80. The molecule has 0 aliphatic carbocycles. The maximum atomic E-state index is 13.5. The first-order chi connectivity index (χ1) is 20.8. The number of carbonyl (C=O) groups excluding carboxylic acids is 3. The third-order valence-electron chi connectivity index (χ3n) is 8.73. The second kappa shape index (κ2) is 16.4. The van der Waals surface area contributed by atoms with Crippen molar-refractivity contribution in [2.75, 3.05) is 32.4 Å². The van der Waals surface area contributed by atoms with Gasteiger partial charge in [0.25, 0.3) is 5.91 Å². The van der Waals surface area contributed by atoms with E-state index in [0.717, 1.165) is 50.3 Å². The zero-order valence-corrected chi connectivity index (χ0v) is 27.7. The topological polar surface area (TPSA) is 154 Å². The molecule has 0 aromatic heterocycles. The van der Waals surface area contributed by atoms with Crippen LogP contribution in [-0.2, 0) is 30.8 Å². The van der Waals surface area contributed by atoms with Crippen LogP contribution in [0.25, 0.3) is 0 Å². The van der Waals surface area contributed by atoms with Crippen LogP contribution in [0.15, 0.2) is 35.3 Å². The second-order valence-corrected chi connectivity index (χ2v) is 14.7. The van der Waals surface area contributed by atoms with E-state index in [1.165, 1.54) is 11.3 Å². The molecule has 44 heavy (non-hydrogen) atoms. The van der Waals surface area contributed by atoms with Gasteiger partial charge in [-0.25, -0.2) is 13.1 Å². The first kappa shape index (κ1) is 35.5. The SMILES string of the molecule is CCCCCCC(C)(C)C(=O)N=C(N)N1CCC(CNC(=O)[C@@H]2CCCN2C(=O)[C@@H](Cc2ccccc2)NS(C)(=O)=O)CC1. The lowest BCUT2D eigenvalue weighted by Crippen LogP contribution is -2.54. The van der Waals surface area contributed by atoms with E-state index in [-0.39, 0.29) is 30.1 Å². The zero-order valence-electron chi connectivity index (χ0n) is 26.9. The van der Waals surface area contributed by atoms with E-state index in [1.54, 1.807) is 0 Å². The molecule has 12 heteroatoms. The molecule has 0 bridgehead atoms. The van der Waals surface area contributed by atoms with Gasteiger partial charge in [-0.2, -0.15) is 4.99 Å². The van der Waals surface area contributed by atoms with E-state index in [0.29, 0.717) is 39.0 Å². The van der Waals surface area contributed by atoms with Gasteiger partial charge in [-0.05, 0) is 50.0 Å². The summed E-state index contributed by atoms with van der Waals surface area (Å²) in [5.41, 5.74) is 6.52. The van der Waals surface area contributed by atoms with Crippen molar-refractivity contribution in [2.45, 2.75) is 97.1 Å². The van der Waals surface area contributed by atoms with E-state index in [4.69, 9.17) is 5.73 Å². The Balaban J connectivity index is 1.50. The molecule has 1 aromatic rings. The molecule has 0 radical (unpaired) electrons. The third-order valence-corrected chi connectivity index (χ3v) is 9.44. The molecule has 2 aliphatic heterocycles. The van der Waals surface area contributed by atoms with Crippen molar-refractivity contribution in [1.82, 2.24) is 19.8 Å². The number of nitrogens with zero attached hydrogens (tertiary/aromatic N) is 3. The number of carbonyl (C=O) groups is 3. The highest BCUT2D eigenvalue weighted by Crippen LogP contribution is 2.26. The fourth-order valence-electron chi connectivity index (χ4n) is 5.95. The predicted molar refractivity (Wildman–Crippen MR) is 173 cm³/mol. The minimum atomic E-state index is -3.65. The molecular weight excluding hydrogens is 580 g/mol. The number of sulfonamides is 1. The number of benzene rings is 1. The standard InChI is InChI=1S/C32H52N6O5S/c1-5-6-7-11-18-32(2,3)30(41)35-31(33)37-20-16-25(17-21-37)23-34-28(39)27-15-12-19-38(27)29(40)26(36-44(4,42)43)22-24-13-9-8-10-14-24/h8-10,13-14,25-27,36H,5-7,11-12,15-23H2,1-4H3,(H,34,39)(H2,33,35,41)/t26-,27+/m1/s1. The number of nitrogens with two attached hydrogens (primary N) is 1. The fourth-order valence-corrected chi connectivity index (χ4v) is 6.65. The number of rotatable bonds is 14. The van der Waals surface area contributed by atoms with E-state index in [2.05, 4.69) is 22.0 Å². The zero-order chi connectivity index (χ0) is 32.3. The fraction of sp³-hybridized carbons (Fsp3) is 0.688. The van der Waals surface area contributed by atoms with Crippen molar-refractivity contribution in [1.29, 1.82) is 0 Å². The highest BCUT2D eigenvalue weighted by molar-refractivity contribution is 7.88. The molecule has 246 valence electrons. The van der Waals surface area contributed by atoms with Crippen LogP contribution in [0.2, 0.25) is 0 Å². The smallest absolute Gasteiger partial charge is 0.254 e. The molecule has 2 atom stereocenters. The maximum Gasteiger partial charge on any atom is 0.254 e. The minimum Gasteiger partial charge on any atom is -0.369 e. The number of nitrogens with one attached hydrogen (secondary N) is 2. The summed E-state index contributed by atoms with van der Waals surface area (Å²) in [6.45, 7) is 8.19. The van der Waals surface area contributed by atoms with Gasteiger partial charge in [-0.3, -0.25) is 14.4 Å². The Hall–Kier alpha value is -2.99. The van der Waals surface area contributed by atoms with Crippen LogP contribution in [-0.4, -0.2) is 86.4 Å². The van der Waals surface area contributed by atoms with Gasteiger partial charge in [0.2, 0.25) is 21.8 Å². The number of hydrogen-bond acceptors (Lipinski definition) is 5. The highest BCUT2D eigenvalue weighted by Gasteiger charge is 2.38. The van der Waals surface area contributed by atoms with Gasteiger partial charge >= 0.3 is 0 Å². The summed E-state index contributed by atoms with van der Waals surface area (Å²) >= 11 is 0. The molecule has 4 N–H and O–H groups in total. The molecule has 0 unspecified atom stereocenters. The van der Waals surface area contributed by atoms with Crippen LogP contribution < -0.4 is 15.8 Å². The van der Waals surface area contributed by atoms with Gasteiger partial charge in [-0.15, -0.1) is 0 Å². The van der Waals surface area contributed by atoms with Crippen LogP contribution in [0.1, 0.15) is 84.1 Å². The maximum absolute atomic E-state index is 13.5. The van der Waals surface area contributed by atoms with Gasteiger partial charge in [0.1, 0.15) is 12.1 Å². The summed E-state index contributed by atoms with van der Waals surface area (Å²) in [6, 6.07) is 7.60. The van der Waals surface area contributed by atoms with Crippen molar-refractivity contribution < 1.29 is 22.8 Å².